The van der Waals surface area contributed by atoms with Gasteiger partial charge in [0.25, 0.3) is 0 Å². The summed E-state index contributed by atoms with van der Waals surface area (Å²) in [5.74, 6) is -0.0312. The summed E-state index contributed by atoms with van der Waals surface area (Å²) < 4.78 is 5.38. The molecular weight excluding hydrogens is 374 g/mol. The van der Waals surface area contributed by atoms with E-state index in [4.69, 9.17) is 16.3 Å². The van der Waals surface area contributed by atoms with Crippen LogP contribution < -0.4 is 10.6 Å². The van der Waals surface area contributed by atoms with E-state index in [1.165, 1.54) is 5.56 Å². The van der Waals surface area contributed by atoms with Crippen LogP contribution in [0.5, 0.6) is 0 Å². The van der Waals surface area contributed by atoms with Crippen LogP contribution in [-0.4, -0.2) is 43.7 Å². The topological polar surface area (TPSA) is 53.6 Å². The molecule has 0 bridgehead atoms. The number of carbonyl (C=O) groups is 1. The zero-order chi connectivity index (χ0) is 19.8. The lowest BCUT2D eigenvalue weighted by Crippen LogP contribution is -2.35. The van der Waals surface area contributed by atoms with Gasteiger partial charge in [-0.05, 0) is 29.7 Å². The fourth-order valence-corrected chi connectivity index (χ4v) is 3.52. The molecule has 0 aliphatic carbocycles. The molecule has 28 heavy (non-hydrogen) atoms. The zero-order valence-electron chi connectivity index (χ0n) is 16.3. The highest BCUT2D eigenvalue weighted by Crippen LogP contribution is 2.21. The van der Waals surface area contributed by atoms with Gasteiger partial charge in [-0.3, -0.25) is 9.69 Å². The Bertz CT molecular complexity index is 761. The summed E-state index contributed by atoms with van der Waals surface area (Å²) >= 11 is 6.20. The van der Waals surface area contributed by atoms with Gasteiger partial charge in [0.15, 0.2) is 0 Å². The van der Waals surface area contributed by atoms with E-state index in [1.54, 1.807) is 0 Å². The molecule has 1 saturated heterocycles. The molecule has 1 heterocycles. The Morgan fingerprint density at radius 2 is 1.79 bits per heavy atom. The predicted molar refractivity (Wildman–Crippen MR) is 112 cm³/mol. The van der Waals surface area contributed by atoms with Gasteiger partial charge < -0.3 is 15.4 Å². The number of carbonyl (C=O) groups excluding carboxylic acids is 1. The Morgan fingerprint density at radius 3 is 2.50 bits per heavy atom. The smallest absolute Gasteiger partial charge is 0.234 e. The van der Waals surface area contributed by atoms with Crippen molar-refractivity contribution in [2.24, 2.45) is 0 Å². The monoisotopic (exact) mass is 401 g/mol. The number of morpholine rings is 1. The summed E-state index contributed by atoms with van der Waals surface area (Å²) in [5.41, 5.74) is 3.37. The van der Waals surface area contributed by atoms with E-state index in [0.29, 0.717) is 11.6 Å². The van der Waals surface area contributed by atoms with Gasteiger partial charge in [0.2, 0.25) is 5.91 Å². The molecule has 0 radical (unpaired) electrons. The number of hydrogen-bond acceptors (Lipinski definition) is 4. The number of nitrogens with zero attached hydrogens (tertiary/aromatic N) is 1. The van der Waals surface area contributed by atoms with E-state index in [0.717, 1.165) is 44.0 Å². The molecule has 1 fully saturated rings. The van der Waals surface area contributed by atoms with Crippen LogP contribution in [0.15, 0.2) is 48.5 Å². The Balaban J connectivity index is 1.40. The molecule has 2 aromatic rings. The van der Waals surface area contributed by atoms with Crippen LogP contribution in [-0.2, 0) is 22.6 Å². The van der Waals surface area contributed by atoms with Gasteiger partial charge in [-0.25, -0.2) is 0 Å². The highest BCUT2D eigenvalue weighted by molar-refractivity contribution is 6.31. The van der Waals surface area contributed by atoms with Gasteiger partial charge >= 0.3 is 0 Å². The third-order valence-electron chi connectivity index (χ3n) is 4.96. The first-order valence-electron chi connectivity index (χ1n) is 9.74. The Kier molecular flexibility index (Phi) is 7.86. The molecule has 1 aliphatic rings. The lowest BCUT2D eigenvalue weighted by molar-refractivity contribution is -0.120. The molecule has 0 aromatic heterocycles. The first-order chi connectivity index (χ1) is 13.6. The maximum atomic E-state index is 12.1. The third-order valence-corrected chi connectivity index (χ3v) is 5.31. The summed E-state index contributed by atoms with van der Waals surface area (Å²) in [4.78, 5) is 14.5. The van der Waals surface area contributed by atoms with E-state index in [2.05, 4.69) is 39.8 Å². The standard InChI is InChI=1S/C22H28ClN3O2/c1-17(20-4-2-3-5-21(20)23)24-15-22(27)25-14-18-6-8-19(9-7-18)16-26-10-12-28-13-11-26/h2-9,17,24H,10-16H2,1H3,(H,25,27)/t17-/m1/s1. The number of benzene rings is 2. The van der Waals surface area contributed by atoms with Crippen molar-refractivity contribution < 1.29 is 9.53 Å². The first-order valence-corrected chi connectivity index (χ1v) is 10.1. The van der Waals surface area contributed by atoms with Crippen molar-refractivity contribution >= 4 is 17.5 Å². The van der Waals surface area contributed by atoms with Crippen LogP contribution in [0.1, 0.15) is 29.7 Å². The van der Waals surface area contributed by atoms with Crippen LogP contribution in [0.4, 0.5) is 0 Å². The van der Waals surface area contributed by atoms with Crippen LogP contribution >= 0.6 is 11.6 Å². The number of ether oxygens (including phenoxy) is 1. The molecule has 5 nitrogen and oxygen atoms in total. The highest BCUT2D eigenvalue weighted by Gasteiger charge is 2.12. The van der Waals surface area contributed by atoms with Gasteiger partial charge in [-0.1, -0.05) is 54.1 Å². The Labute approximate surface area is 172 Å². The van der Waals surface area contributed by atoms with Crippen molar-refractivity contribution in [1.29, 1.82) is 0 Å². The summed E-state index contributed by atoms with van der Waals surface area (Å²) in [6, 6.07) is 16.1. The third kappa shape index (κ3) is 6.31. The molecule has 6 heteroatoms. The molecule has 2 N–H and O–H groups in total. The van der Waals surface area contributed by atoms with Crippen molar-refractivity contribution in [3.63, 3.8) is 0 Å². The SMILES string of the molecule is C[C@@H](NCC(=O)NCc1ccc(CN2CCOCC2)cc1)c1ccccc1Cl. The van der Waals surface area contributed by atoms with E-state index in [1.807, 2.05) is 31.2 Å². The van der Waals surface area contributed by atoms with Gasteiger partial charge in [0.05, 0.1) is 19.8 Å². The van der Waals surface area contributed by atoms with Crippen LogP contribution in [0.3, 0.4) is 0 Å². The fourth-order valence-electron chi connectivity index (χ4n) is 3.23. The average molecular weight is 402 g/mol. The minimum absolute atomic E-state index is 0.0129. The highest BCUT2D eigenvalue weighted by atomic mass is 35.5. The molecule has 0 unspecified atom stereocenters. The van der Waals surface area contributed by atoms with Gasteiger partial charge in [-0.2, -0.15) is 0 Å². The fraction of sp³-hybridized carbons (Fsp3) is 0.409. The van der Waals surface area contributed by atoms with E-state index >= 15 is 0 Å². The summed E-state index contributed by atoms with van der Waals surface area (Å²) in [6.45, 7) is 7.32. The van der Waals surface area contributed by atoms with E-state index < -0.39 is 0 Å². The van der Waals surface area contributed by atoms with Gasteiger partial charge in [0.1, 0.15) is 0 Å². The van der Waals surface area contributed by atoms with Crippen LogP contribution in [0.2, 0.25) is 5.02 Å². The molecule has 1 amide bonds. The van der Waals surface area contributed by atoms with Crippen molar-refractivity contribution in [3.05, 3.63) is 70.2 Å². The van der Waals surface area contributed by atoms with Crippen molar-refractivity contribution in [1.82, 2.24) is 15.5 Å². The molecule has 1 aliphatic heterocycles. The van der Waals surface area contributed by atoms with Crippen molar-refractivity contribution in [3.8, 4) is 0 Å². The van der Waals surface area contributed by atoms with Crippen molar-refractivity contribution in [2.45, 2.75) is 26.1 Å². The first kappa shape index (κ1) is 20.8. The van der Waals surface area contributed by atoms with Crippen molar-refractivity contribution in [2.75, 3.05) is 32.8 Å². The summed E-state index contributed by atoms with van der Waals surface area (Å²) in [7, 11) is 0. The second-order valence-electron chi connectivity index (χ2n) is 7.11. The summed E-state index contributed by atoms with van der Waals surface area (Å²) in [5, 5.41) is 6.89. The molecule has 1 atom stereocenters. The minimum Gasteiger partial charge on any atom is -0.379 e. The van der Waals surface area contributed by atoms with Gasteiger partial charge in [-0.15, -0.1) is 0 Å². The molecule has 2 aromatic carbocycles. The number of rotatable bonds is 8. The number of nitrogens with one attached hydrogen (secondary N) is 2. The zero-order valence-corrected chi connectivity index (χ0v) is 17.0. The maximum Gasteiger partial charge on any atom is 0.234 e. The number of amides is 1. The van der Waals surface area contributed by atoms with E-state index in [9.17, 15) is 4.79 Å². The van der Waals surface area contributed by atoms with Gasteiger partial charge in [0, 0.05) is 37.2 Å². The second-order valence-corrected chi connectivity index (χ2v) is 7.51. The molecule has 3 rings (SSSR count). The lowest BCUT2D eigenvalue weighted by atomic mass is 10.1. The summed E-state index contributed by atoms with van der Waals surface area (Å²) in [6.07, 6.45) is 0. The predicted octanol–water partition coefficient (Wildman–Crippen LogP) is 3.14. The second kappa shape index (κ2) is 10.6. The van der Waals surface area contributed by atoms with Crippen LogP contribution in [0.25, 0.3) is 0 Å². The maximum absolute atomic E-state index is 12.1. The average Bonchev–Trinajstić information content (AvgIpc) is 2.72. The Morgan fingerprint density at radius 1 is 1.11 bits per heavy atom. The largest absolute Gasteiger partial charge is 0.379 e. The van der Waals surface area contributed by atoms with Crippen LogP contribution in [0, 0.1) is 0 Å². The quantitative estimate of drug-likeness (QED) is 0.713. The minimum atomic E-state index is -0.0312. The molecular formula is C22H28ClN3O2. The number of hydrogen-bond donors (Lipinski definition) is 2. The number of halogens is 1. The normalized spacial score (nSPS) is 15.9. The molecule has 150 valence electrons. The van der Waals surface area contributed by atoms with E-state index in [-0.39, 0.29) is 18.5 Å². The lowest BCUT2D eigenvalue weighted by Gasteiger charge is -2.26. The molecule has 0 saturated carbocycles. The molecule has 0 spiro atoms. The Hall–Kier alpha value is -1.92.